The number of hydrogen-bond donors (Lipinski definition) is 1. The van der Waals surface area contributed by atoms with Crippen molar-refractivity contribution in [1.29, 1.82) is 0 Å². The van der Waals surface area contributed by atoms with Crippen LogP contribution in [0.2, 0.25) is 0 Å². The van der Waals surface area contributed by atoms with Crippen molar-refractivity contribution in [2.24, 2.45) is 13.0 Å². The molecule has 0 amide bonds. The van der Waals surface area contributed by atoms with Crippen molar-refractivity contribution in [3.63, 3.8) is 0 Å². The fraction of sp³-hybridized carbons (Fsp3) is 0.750. The van der Waals surface area contributed by atoms with Gasteiger partial charge in [0.1, 0.15) is 5.82 Å². The first kappa shape index (κ1) is 11.6. The first-order valence-corrected chi connectivity index (χ1v) is 6.11. The first-order chi connectivity index (χ1) is 7.86. The number of imidazole rings is 1. The van der Waals surface area contributed by atoms with E-state index >= 15 is 0 Å². The molecule has 2 rings (SSSR count). The van der Waals surface area contributed by atoms with Crippen LogP contribution < -0.4 is 5.32 Å². The van der Waals surface area contributed by atoms with Crippen LogP contribution in [0.5, 0.6) is 0 Å². The van der Waals surface area contributed by atoms with Crippen LogP contribution in [0.25, 0.3) is 0 Å². The minimum absolute atomic E-state index is 0.830. The van der Waals surface area contributed by atoms with Crippen molar-refractivity contribution >= 4 is 0 Å². The molecule has 0 aliphatic heterocycles. The Kier molecular flexibility index (Phi) is 4.36. The van der Waals surface area contributed by atoms with Gasteiger partial charge in [-0.15, -0.1) is 0 Å². The monoisotopic (exact) mass is 223 g/mol. The SMILES string of the molecule is Cn1ccnc1CCNCCOCC1CC1. The summed E-state index contributed by atoms with van der Waals surface area (Å²) < 4.78 is 7.60. The summed E-state index contributed by atoms with van der Waals surface area (Å²) in [5.74, 6) is 2.00. The summed E-state index contributed by atoms with van der Waals surface area (Å²) in [6.07, 6.45) is 7.54. The predicted octanol–water partition coefficient (Wildman–Crippen LogP) is 0.979. The third-order valence-corrected chi connectivity index (χ3v) is 2.92. The molecule has 0 aromatic carbocycles. The Labute approximate surface area is 97.0 Å². The highest BCUT2D eigenvalue weighted by Crippen LogP contribution is 2.28. The van der Waals surface area contributed by atoms with Gasteiger partial charge in [0.2, 0.25) is 0 Å². The number of aryl methyl sites for hydroxylation is 1. The largest absolute Gasteiger partial charge is 0.380 e. The second kappa shape index (κ2) is 6.01. The third kappa shape index (κ3) is 3.94. The summed E-state index contributed by atoms with van der Waals surface area (Å²) in [5.41, 5.74) is 0. The standard InChI is InChI=1S/C12H21N3O/c1-15-8-6-14-12(15)4-5-13-7-9-16-10-11-2-3-11/h6,8,11,13H,2-5,7,9-10H2,1H3. The summed E-state index contributed by atoms with van der Waals surface area (Å²) in [5, 5.41) is 3.37. The van der Waals surface area contributed by atoms with Crippen LogP contribution in [0, 0.1) is 5.92 Å². The second-order valence-electron chi connectivity index (χ2n) is 4.47. The molecule has 1 aliphatic rings. The summed E-state index contributed by atoms with van der Waals surface area (Å²) in [6.45, 7) is 3.70. The Morgan fingerprint density at radius 1 is 1.50 bits per heavy atom. The van der Waals surface area contributed by atoms with Crippen molar-refractivity contribution in [3.05, 3.63) is 18.2 Å². The number of rotatable bonds is 8. The van der Waals surface area contributed by atoms with Crippen molar-refractivity contribution in [1.82, 2.24) is 14.9 Å². The van der Waals surface area contributed by atoms with Gasteiger partial charge in [-0.3, -0.25) is 0 Å². The highest BCUT2D eigenvalue weighted by Gasteiger charge is 2.20. The summed E-state index contributed by atoms with van der Waals surface area (Å²) >= 11 is 0. The van der Waals surface area contributed by atoms with Crippen molar-refractivity contribution < 1.29 is 4.74 Å². The average molecular weight is 223 g/mol. The smallest absolute Gasteiger partial charge is 0.109 e. The lowest BCUT2D eigenvalue weighted by Gasteiger charge is -2.05. The van der Waals surface area contributed by atoms with E-state index in [9.17, 15) is 0 Å². The third-order valence-electron chi connectivity index (χ3n) is 2.92. The molecule has 1 aromatic rings. The molecule has 4 heteroatoms. The first-order valence-electron chi connectivity index (χ1n) is 6.11. The van der Waals surface area contributed by atoms with E-state index in [1.807, 2.05) is 19.4 Å². The minimum atomic E-state index is 0.830. The van der Waals surface area contributed by atoms with Gasteiger partial charge in [-0.05, 0) is 18.8 Å². The van der Waals surface area contributed by atoms with Crippen molar-refractivity contribution in [2.75, 3.05) is 26.3 Å². The fourth-order valence-electron chi connectivity index (χ4n) is 1.64. The normalized spacial score (nSPS) is 15.6. The molecular formula is C12H21N3O. The van der Waals surface area contributed by atoms with Crippen LogP contribution in [0.3, 0.4) is 0 Å². The number of nitrogens with zero attached hydrogens (tertiary/aromatic N) is 2. The molecule has 1 heterocycles. The van der Waals surface area contributed by atoms with Gasteiger partial charge < -0.3 is 14.6 Å². The van der Waals surface area contributed by atoms with E-state index in [2.05, 4.69) is 14.9 Å². The highest BCUT2D eigenvalue weighted by atomic mass is 16.5. The van der Waals surface area contributed by atoms with E-state index in [0.29, 0.717) is 0 Å². The molecule has 0 spiro atoms. The molecule has 1 aliphatic carbocycles. The molecule has 1 aromatic heterocycles. The Hall–Kier alpha value is -0.870. The zero-order chi connectivity index (χ0) is 11.2. The average Bonchev–Trinajstić information content (AvgIpc) is 3.01. The molecule has 1 fully saturated rings. The lowest BCUT2D eigenvalue weighted by Crippen LogP contribution is -2.23. The van der Waals surface area contributed by atoms with Crippen LogP contribution in [0.1, 0.15) is 18.7 Å². The van der Waals surface area contributed by atoms with Gasteiger partial charge in [0.25, 0.3) is 0 Å². The quantitative estimate of drug-likeness (QED) is 0.668. The van der Waals surface area contributed by atoms with Crippen LogP contribution in [-0.2, 0) is 18.2 Å². The highest BCUT2D eigenvalue weighted by molar-refractivity contribution is 4.91. The lowest BCUT2D eigenvalue weighted by atomic mass is 10.4. The fourth-order valence-corrected chi connectivity index (χ4v) is 1.64. The van der Waals surface area contributed by atoms with E-state index in [1.54, 1.807) is 0 Å². The van der Waals surface area contributed by atoms with E-state index in [0.717, 1.165) is 44.5 Å². The van der Waals surface area contributed by atoms with Crippen molar-refractivity contribution in [2.45, 2.75) is 19.3 Å². The molecular weight excluding hydrogens is 202 g/mol. The molecule has 1 saturated carbocycles. The number of hydrogen-bond acceptors (Lipinski definition) is 3. The molecule has 4 nitrogen and oxygen atoms in total. The Morgan fingerprint density at radius 2 is 2.38 bits per heavy atom. The van der Waals surface area contributed by atoms with Gasteiger partial charge in [0.15, 0.2) is 0 Å². The summed E-state index contributed by atoms with van der Waals surface area (Å²) in [6, 6.07) is 0. The van der Waals surface area contributed by atoms with E-state index in [4.69, 9.17) is 4.74 Å². The zero-order valence-corrected chi connectivity index (χ0v) is 9.98. The zero-order valence-electron chi connectivity index (χ0n) is 9.98. The Balaban J connectivity index is 1.44. The molecule has 0 saturated heterocycles. The molecule has 0 bridgehead atoms. The molecule has 1 N–H and O–H groups in total. The van der Waals surface area contributed by atoms with Crippen LogP contribution in [0.4, 0.5) is 0 Å². The van der Waals surface area contributed by atoms with Gasteiger partial charge in [-0.1, -0.05) is 0 Å². The van der Waals surface area contributed by atoms with Crippen LogP contribution >= 0.6 is 0 Å². The van der Waals surface area contributed by atoms with Crippen molar-refractivity contribution in [3.8, 4) is 0 Å². The van der Waals surface area contributed by atoms with Gasteiger partial charge in [0, 0.05) is 45.6 Å². The van der Waals surface area contributed by atoms with Gasteiger partial charge in [0.05, 0.1) is 6.61 Å². The summed E-state index contributed by atoms with van der Waals surface area (Å²) in [4.78, 5) is 4.27. The number of nitrogens with one attached hydrogen (secondary N) is 1. The number of ether oxygens (including phenoxy) is 1. The predicted molar refractivity (Wildman–Crippen MR) is 63.3 cm³/mol. The lowest BCUT2D eigenvalue weighted by molar-refractivity contribution is 0.126. The van der Waals surface area contributed by atoms with E-state index < -0.39 is 0 Å². The molecule has 0 unspecified atom stereocenters. The maximum absolute atomic E-state index is 5.54. The molecule has 0 atom stereocenters. The van der Waals surface area contributed by atoms with Gasteiger partial charge in [-0.2, -0.15) is 0 Å². The maximum Gasteiger partial charge on any atom is 0.109 e. The van der Waals surface area contributed by atoms with Gasteiger partial charge >= 0.3 is 0 Å². The Morgan fingerprint density at radius 3 is 3.06 bits per heavy atom. The Bertz CT molecular complexity index is 307. The van der Waals surface area contributed by atoms with Crippen LogP contribution in [-0.4, -0.2) is 35.9 Å². The molecule has 0 radical (unpaired) electrons. The molecule has 90 valence electrons. The minimum Gasteiger partial charge on any atom is -0.380 e. The van der Waals surface area contributed by atoms with Crippen LogP contribution in [0.15, 0.2) is 12.4 Å². The van der Waals surface area contributed by atoms with E-state index in [-0.39, 0.29) is 0 Å². The second-order valence-corrected chi connectivity index (χ2v) is 4.47. The van der Waals surface area contributed by atoms with E-state index in [1.165, 1.54) is 12.8 Å². The maximum atomic E-state index is 5.54. The topological polar surface area (TPSA) is 39.1 Å². The summed E-state index contributed by atoms with van der Waals surface area (Å²) in [7, 11) is 2.03. The molecule has 16 heavy (non-hydrogen) atoms. The number of aromatic nitrogens is 2. The van der Waals surface area contributed by atoms with Gasteiger partial charge in [-0.25, -0.2) is 4.98 Å².